The van der Waals surface area contributed by atoms with Gasteiger partial charge in [-0.1, -0.05) is 0 Å². The predicted molar refractivity (Wildman–Crippen MR) is 99.8 cm³/mol. The van der Waals surface area contributed by atoms with Crippen LogP contribution in [0.3, 0.4) is 0 Å². The molecule has 7 nitrogen and oxygen atoms in total. The Labute approximate surface area is 153 Å². The first-order valence-corrected chi connectivity index (χ1v) is 8.73. The SMILES string of the molecule is CCN(C(=O)c1ccc2c(c1)CCO2)c1ccnc(NC(C)(C)CO)n1. The number of ether oxygens (including phenoxy) is 1. The number of rotatable bonds is 6. The molecule has 0 saturated heterocycles. The molecule has 1 aromatic carbocycles. The van der Waals surface area contributed by atoms with E-state index in [1.165, 1.54) is 0 Å². The molecule has 0 radical (unpaired) electrons. The fraction of sp³-hybridized carbons (Fsp3) is 0.421. The molecule has 0 bridgehead atoms. The Bertz CT molecular complexity index is 807. The second-order valence-corrected chi connectivity index (χ2v) is 6.88. The number of hydrogen-bond acceptors (Lipinski definition) is 6. The molecule has 7 heteroatoms. The number of aliphatic hydroxyl groups is 1. The number of aliphatic hydroxyl groups excluding tert-OH is 1. The highest BCUT2D eigenvalue weighted by molar-refractivity contribution is 6.05. The Morgan fingerprint density at radius 1 is 1.38 bits per heavy atom. The molecule has 0 spiro atoms. The summed E-state index contributed by atoms with van der Waals surface area (Å²) in [5.74, 6) is 1.62. The largest absolute Gasteiger partial charge is 0.493 e. The monoisotopic (exact) mass is 356 g/mol. The minimum absolute atomic E-state index is 0.0613. The van der Waals surface area contributed by atoms with Crippen molar-refractivity contribution in [3.63, 3.8) is 0 Å². The minimum atomic E-state index is -0.556. The highest BCUT2D eigenvalue weighted by Crippen LogP contribution is 2.27. The van der Waals surface area contributed by atoms with E-state index in [9.17, 15) is 9.90 Å². The van der Waals surface area contributed by atoms with Gasteiger partial charge in [0.2, 0.25) is 5.95 Å². The molecule has 2 aromatic rings. The average Bonchev–Trinajstić information content (AvgIpc) is 3.10. The van der Waals surface area contributed by atoms with E-state index in [1.54, 1.807) is 23.2 Å². The number of aromatic nitrogens is 2. The van der Waals surface area contributed by atoms with E-state index in [0.29, 0.717) is 30.5 Å². The lowest BCUT2D eigenvalue weighted by molar-refractivity contribution is 0.0987. The van der Waals surface area contributed by atoms with Crippen molar-refractivity contribution in [1.29, 1.82) is 0 Å². The van der Waals surface area contributed by atoms with Crippen molar-refractivity contribution in [2.24, 2.45) is 0 Å². The van der Waals surface area contributed by atoms with Crippen molar-refractivity contribution in [2.75, 3.05) is 30.0 Å². The Balaban J connectivity index is 1.85. The quantitative estimate of drug-likeness (QED) is 0.825. The summed E-state index contributed by atoms with van der Waals surface area (Å²) < 4.78 is 5.50. The normalized spacial score (nSPS) is 13.1. The Hall–Kier alpha value is -2.67. The van der Waals surface area contributed by atoms with Crippen LogP contribution in [-0.2, 0) is 6.42 Å². The molecule has 1 aliphatic rings. The van der Waals surface area contributed by atoms with Gasteiger partial charge in [-0.15, -0.1) is 0 Å². The predicted octanol–water partition coefficient (Wildman–Crippen LogP) is 2.26. The third-order valence-electron chi connectivity index (χ3n) is 4.26. The van der Waals surface area contributed by atoms with E-state index in [-0.39, 0.29) is 12.5 Å². The molecule has 0 unspecified atom stereocenters. The number of nitrogens with zero attached hydrogens (tertiary/aromatic N) is 3. The summed E-state index contributed by atoms with van der Waals surface area (Å²) in [5.41, 5.74) is 1.11. The van der Waals surface area contributed by atoms with E-state index in [1.807, 2.05) is 32.9 Å². The fourth-order valence-electron chi connectivity index (χ4n) is 2.79. The number of carbonyl (C=O) groups excluding carboxylic acids is 1. The third-order valence-corrected chi connectivity index (χ3v) is 4.26. The summed E-state index contributed by atoms with van der Waals surface area (Å²) in [6.45, 7) is 6.67. The van der Waals surface area contributed by atoms with Crippen LogP contribution < -0.4 is 15.0 Å². The van der Waals surface area contributed by atoms with E-state index >= 15 is 0 Å². The molecule has 3 rings (SSSR count). The first-order chi connectivity index (χ1) is 12.4. The lowest BCUT2D eigenvalue weighted by Gasteiger charge is -2.25. The van der Waals surface area contributed by atoms with Gasteiger partial charge < -0.3 is 15.2 Å². The Kier molecular flexibility index (Phi) is 5.08. The van der Waals surface area contributed by atoms with Crippen LogP contribution in [0.4, 0.5) is 11.8 Å². The van der Waals surface area contributed by atoms with Crippen molar-refractivity contribution >= 4 is 17.7 Å². The van der Waals surface area contributed by atoms with Crippen molar-refractivity contribution in [1.82, 2.24) is 9.97 Å². The van der Waals surface area contributed by atoms with Crippen LogP contribution in [0.1, 0.15) is 36.7 Å². The zero-order valence-electron chi connectivity index (χ0n) is 15.3. The van der Waals surface area contributed by atoms with E-state index in [0.717, 1.165) is 17.7 Å². The summed E-state index contributed by atoms with van der Waals surface area (Å²) in [5, 5.41) is 12.5. The second-order valence-electron chi connectivity index (χ2n) is 6.88. The molecular weight excluding hydrogens is 332 g/mol. The summed E-state index contributed by atoms with van der Waals surface area (Å²) in [6, 6.07) is 7.22. The number of anilines is 2. The van der Waals surface area contributed by atoms with Gasteiger partial charge in [0.05, 0.1) is 18.8 Å². The lowest BCUT2D eigenvalue weighted by atomic mass is 10.1. The highest BCUT2D eigenvalue weighted by Gasteiger charge is 2.22. The van der Waals surface area contributed by atoms with Crippen LogP contribution in [-0.4, -0.2) is 46.3 Å². The Morgan fingerprint density at radius 2 is 2.19 bits per heavy atom. The van der Waals surface area contributed by atoms with Gasteiger partial charge in [-0.2, -0.15) is 4.98 Å². The number of hydrogen-bond donors (Lipinski definition) is 2. The topological polar surface area (TPSA) is 87.6 Å². The van der Waals surface area contributed by atoms with Gasteiger partial charge in [0.1, 0.15) is 11.6 Å². The van der Waals surface area contributed by atoms with E-state index in [2.05, 4.69) is 15.3 Å². The zero-order valence-corrected chi connectivity index (χ0v) is 15.3. The highest BCUT2D eigenvalue weighted by atomic mass is 16.5. The maximum atomic E-state index is 13.0. The van der Waals surface area contributed by atoms with Crippen LogP contribution in [0, 0.1) is 0 Å². The molecule has 2 heterocycles. The number of carbonyl (C=O) groups is 1. The summed E-state index contributed by atoms with van der Waals surface area (Å²) >= 11 is 0. The van der Waals surface area contributed by atoms with Gasteiger partial charge >= 0.3 is 0 Å². The molecule has 138 valence electrons. The third kappa shape index (κ3) is 3.77. The molecule has 0 aliphatic carbocycles. The maximum Gasteiger partial charge on any atom is 0.259 e. The van der Waals surface area contributed by atoms with Crippen molar-refractivity contribution < 1.29 is 14.6 Å². The number of fused-ring (bicyclic) bond motifs is 1. The smallest absolute Gasteiger partial charge is 0.259 e. The molecule has 0 saturated carbocycles. The first kappa shape index (κ1) is 18.1. The summed E-state index contributed by atoms with van der Waals surface area (Å²) in [4.78, 5) is 23.2. The van der Waals surface area contributed by atoms with Crippen LogP contribution in [0.2, 0.25) is 0 Å². The number of nitrogens with one attached hydrogen (secondary N) is 1. The van der Waals surface area contributed by atoms with Gasteiger partial charge in [0, 0.05) is 24.7 Å². The van der Waals surface area contributed by atoms with Crippen LogP contribution in [0.5, 0.6) is 5.75 Å². The van der Waals surface area contributed by atoms with Crippen molar-refractivity contribution in [3.8, 4) is 5.75 Å². The molecule has 1 amide bonds. The molecule has 0 atom stereocenters. The Morgan fingerprint density at radius 3 is 2.92 bits per heavy atom. The van der Waals surface area contributed by atoms with Crippen LogP contribution >= 0.6 is 0 Å². The van der Waals surface area contributed by atoms with Crippen molar-refractivity contribution in [3.05, 3.63) is 41.6 Å². The van der Waals surface area contributed by atoms with Crippen LogP contribution in [0.25, 0.3) is 0 Å². The van der Waals surface area contributed by atoms with Crippen molar-refractivity contribution in [2.45, 2.75) is 32.7 Å². The zero-order chi connectivity index (χ0) is 18.7. The molecule has 1 aromatic heterocycles. The van der Waals surface area contributed by atoms with Gasteiger partial charge in [0.25, 0.3) is 5.91 Å². The van der Waals surface area contributed by atoms with Gasteiger partial charge in [-0.25, -0.2) is 4.98 Å². The lowest BCUT2D eigenvalue weighted by Crippen LogP contribution is -2.36. The number of amides is 1. The molecule has 26 heavy (non-hydrogen) atoms. The van der Waals surface area contributed by atoms with Gasteiger partial charge in [-0.05, 0) is 50.6 Å². The second kappa shape index (κ2) is 7.29. The summed E-state index contributed by atoms with van der Waals surface area (Å²) in [7, 11) is 0. The first-order valence-electron chi connectivity index (χ1n) is 8.73. The van der Waals surface area contributed by atoms with Gasteiger partial charge in [0.15, 0.2) is 0 Å². The average molecular weight is 356 g/mol. The molecule has 1 aliphatic heterocycles. The molecular formula is C19H24N4O3. The molecule has 0 fully saturated rings. The van der Waals surface area contributed by atoms with Crippen LogP contribution in [0.15, 0.2) is 30.5 Å². The fourth-order valence-corrected chi connectivity index (χ4v) is 2.79. The standard InChI is InChI=1S/C19H24N4O3/c1-4-23(16-7-9-20-18(21-16)22-19(2,3)12-24)17(25)14-5-6-15-13(11-14)8-10-26-15/h5-7,9,11,24H,4,8,10,12H2,1-3H3,(H,20,21,22). The maximum absolute atomic E-state index is 13.0. The molecule has 2 N–H and O–H groups in total. The summed E-state index contributed by atoms with van der Waals surface area (Å²) in [6.07, 6.45) is 2.42. The van der Waals surface area contributed by atoms with E-state index in [4.69, 9.17) is 4.74 Å². The van der Waals surface area contributed by atoms with E-state index < -0.39 is 5.54 Å². The van der Waals surface area contributed by atoms with Gasteiger partial charge in [-0.3, -0.25) is 9.69 Å². The minimum Gasteiger partial charge on any atom is -0.493 e. The number of benzene rings is 1.